The Labute approximate surface area is 195 Å². The van der Waals surface area contributed by atoms with Crippen LogP contribution in [0, 0.1) is 10.1 Å². The van der Waals surface area contributed by atoms with E-state index in [0.29, 0.717) is 22.6 Å². The molecule has 3 aromatic rings. The lowest BCUT2D eigenvalue weighted by Crippen LogP contribution is -2.34. The van der Waals surface area contributed by atoms with Crippen molar-refractivity contribution >= 4 is 46.0 Å². The van der Waals surface area contributed by atoms with Crippen LogP contribution in [0.3, 0.4) is 0 Å². The van der Waals surface area contributed by atoms with Crippen molar-refractivity contribution in [2.45, 2.75) is 6.92 Å². The number of likely N-dealkylation sites (N-methyl/N-ethyl adjacent to an activating group) is 1. The van der Waals surface area contributed by atoms with E-state index < -0.39 is 16.7 Å². The fraction of sp³-hybridized carbons (Fsp3) is 0.0800. The van der Waals surface area contributed by atoms with Crippen molar-refractivity contribution in [3.05, 3.63) is 100 Å². The summed E-state index contributed by atoms with van der Waals surface area (Å²) in [7, 11) is 1.69. The van der Waals surface area contributed by atoms with Gasteiger partial charge >= 0.3 is 0 Å². The van der Waals surface area contributed by atoms with Gasteiger partial charge in [0, 0.05) is 37.5 Å². The van der Waals surface area contributed by atoms with Gasteiger partial charge < -0.3 is 10.2 Å². The molecule has 1 N–H and O–H groups in total. The molecular weight excluding hydrogens is 436 g/mol. The van der Waals surface area contributed by atoms with E-state index in [0.717, 1.165) is 4.90 Å². The predicted molar refractivity (Wildman–Crippen MR) is 128 cm³/mol. The number of benzene rings is 3. The van der Waals surface area contributed by atoms with Crippen molar-refractivity contribution in [3.8, 4) is 0 Å². The van der Waals surface area contributed by atoms with Crippen LogP contribution in [0.1, 0.15) is 12.5 Å². The van der Waals surface area contributed by atoms with Crippen LogP contribution in [-0.2, 0) is 14.4 Å². The number of nitrogens with one attached hydrogen (secondary N) is 1. The number of nitro groups is 1. The van der Waals surface area contributed by atoms with Gasteiger partial charge in [0.15, 0.2) is 0 Å². The molecule has 3 amide bonds. The maximum Gasteiger partial charge on any atom is 0.282 e. The number of amides is 3. The Hall–Kier alpha value is -4.79. The number of non-ortho nitro benzene ring substituents is 1. The van der Waals surface area contributed by atoms with E-state index in [-0.39, 0.29) is 22.9 Å². The maximum atomic E-state index is 13.6. The largest absolute Gasteiger partial charge is 0.339 e. The summed E-state index contributed by atoms with van der Waals surface area (Å²) < 4.78 is 0. The molecule has 1 aliphatic heterocycles. The second kappa shape index (κ2) is 8.99. The predicted octanol–water partition coefficient (Wildman–Crippen LogP) is 3.97. The summed E-state index contributed by atoms with van der Waals surface area (Å²) in [5.74, 6) is -1.32. The zero-order valence-corrected chi connectivity index (χ0v) is 18.4. The van der Waals surface area contributed by atoms with Crippen molar-refractivity contribution in [1.82, 2.24) is 0 Å². The number of hydrogen-bond acceptors (Lipinski definition) is 6. The number of hydrogen-bond donors (Lipinski definition) is 1. The summed E-state index contributed by atoms with van der Waals surface area (Å²) in [6.07, 6.45) is 0. The fourth-order valence-corrected chi connectivity index (χ4v) is 3.75. The quantitative estimate of drug-likeness (QED) is 0.341. The molecule has 0 atom stereocenters. The third-order valence-corrected chi connectivity index (χ3v) is 5.35. The lowest BCUT2D eigenvalue weighted by atomic mass is 10.0. The van der Waals surface area contributed by atoms with Gasteiger partial charge in [0.05, 0.1) is 16.2 Å². The second-order valence-corrected chi connectivity index (χ2v) is 7.60. The smallest absolute Gasteiger partial charge is 0.282 e. The molecule has 170 valence electrons. The Morgan fingerprint density at radius 1 is 0.912 bits per heavy atom. The summed E-state index contributed by atoms with van der Waals surface area (Å²) in [6.45, 7) is 1.38. The van der Waals surface area contributed by atoms with E-state index in [1.165, 1.54) is 31.2 Å². The second-order valence-electron chi connectivity index (χ2n) is 7.60. The minimum absolute atomic E-state index is 0.121. The van der Waals surface area contributed by atoms with Crippen LogP contribution in [0.15, 0.2) is 84.6 Å². The summed E-state index contributed by atoms with van der Waals surface area (Å²) in [4.78, 5) is 51.7. The number of rotatable bonds is 6. The Bertz CT molecular complexity index is 1320. The molecule has 34 heavy (non-hydrogen) atoms. The number of carbonyl (C=O) groups excluding carboxylic acids is 3. The molecule has 3 aromatic carbocycles. The first kappa shape index (κ1) is 22.4. The van der Waals surface area contributed by atoms with Crippen molar-refractivity contribution < 1.29 is 19.3 Å². The molecule has 0 aliphatic carbocycles. The first-order valence-corrected chi connectivity index (χ1v) is 10.3. The third kappa shape index (κ3) is 4.14. The third-order valence-electron chi connectivity index (χ3n) is 5.35. The Balaban J connectivity index is 1.80. The number of imide groups is 1. The summed E-state index contributed by atoms with van der Waals surface area (Å²) in [5, 5.41) is 13.7. The number of nitro benzene ring substituents is 1. The molecule has 0 saturated heterocycles. The van der Waals surface area contributed by atoms with Crippen molar-refractivity contribution in [2.75, 3.05) is 22.2 Å². The monoisotopic (exact) mass is 456 g/mol. The van der Waals surface area contributed by atoms with E-state index in [4.69, 9.17) is 0 Å². The normalized spacial score (nSPS) is 13.3. The molecule has 0 spiro atoms. The Morgan fingerprint density at radius 3 is 2.09 bits per heavy atom. The average Bonchev–Trinajstić information content (AvgIpc) is 3.09. The molecule has 0 fully saturated rings. The first-order chi connectivity index (χ1) is 16.3. The van der Waals surface area contributed by atoms with E-state index in [9.17, 15) is 24.5 Å². The van der Waals surface area contributed by atoms with Crippen LogP contribution in [0.5, 0.6) is 0 Å². The molecule has 1 heterocycles. The van der Waals surface area contributed by atoms with Gasteiger partial charge in [-0.3, -0.25) is 24.5 Å². The van der Waals surface area contributed by atoms with Gasteiger partial charge in [-0.05, 0) is 54.1 Å². The zero-order chi connectivity index (χ0) is 24.4. The molecular formula is C25H20N4O5. The fourth-order valence-electron chi connectivity index (χ4n) is 3.75. The number of nitrogens with zero attached hydrogens (tertiary/aromatic N) is 3. The minimum Gasteiger partial charge on any atom is -0.339 e. The highest BCUT2D eigenvalue weighted by Crippen LogP contribution is 2.36. The summed E-state index contributed by atoms with van der Waals surface area (Å²) in [6, 6.07) is 20.9. The molecule has 9 nitrogen and oxygen atoms in total. The number of carbonyl (C=O) groups is 3. The van der Waals surface area contributed by atoms with E-state index >= 15 is 0 Å². The van der Waals surface area contributed by atoms with Gasteiger partial charge in [-0.15, -0.1) is 0 Å². The zero-order valence-electron chi connectivity index (χ0n) is 18.4. The summed E-state index contributed by atoms with van der Waals surface area (Å²) >= 11 is 0. The van der Waals surface area contributed by atoms with Gasteiger partial charge in [-0.25, -0.2) is 4.90 Å². The van der Waals surface area contributed by atoms with Gasteiger partial charge in [-0.2, -0.15) is 0 Å². The van der Waals surface area contributed by atoms with Crippen LogP contribution in [0.2, 0.25) is 0 Å². The highest BCUT2D eigenvalue weighted by Gasteiger charge is 2.42. The molecule has 0 saturated carbocycles. The Morgan fingerprint density at radius 2 is 1.53 bits per heavy atom. The first-order valence-electron chi connectivity index (χ1n) is 10.3. The Kier molecular flexibility index (Phi) is 5.92. The van der Waals surface area contributed by atoms with Crippen molar-refractivity contribution in [1.29, 1.82) is 0 Å². The van der Waals surface area contributed by atoms with E-state index in [2.05, 4.69) is 5.32 Å². The summed E-state index contributed by atoms with van der Waals surface area (Å²) in [5.41, 5.74) is 2.11. The van der Waals surface area contributed by atoms with Crippen LogP contribution in [0.25, 0.3) is 5.57 Å². The van der Waals surface area contributed by atoms with Crippen LogP contribution >= 0.6 is 0 Å². The van der Waals surface area contributed by atoms with Crippen LogP contribution in [0.4, 0.5) is 22.7 Å². The molecule has 9 heteroatoms. The van der Waals surface area contributed by atoms with Gasteiger partial charge in [0.25, 0.3) is 17.5 Å². The van der Waals surface area contributed by atoms with Crippen molar-refractivity contribution in [3.63, 3.8) is 0 Å². The minimum atomic E-state index is -0.552. The molecule has 0 aromatic heterocycles. The molecule has 1 aliphatic rings. The number of para-hydroxylation sites is 1. The SMILES string of the molecule is CC(=O)Nc1ccc(N2C(=O)C(c3ccc([N+](=O)[O-])cc3)=C(N(C)c3ccccc3)C2=O)cc1. The van der Waals surface area contributed by atoms with E-state index in [1.54, 1.807) is 36.2 Å². The standard InChI is InChI=1S/C25H20N4O5/c1-16(30)26-18-10-14-20(15-11-18)28-24(31)22(17-8-12-21(13-9-17)29(33)34)23(25(28)32)27(2)19-6-4-3-5-7-19/h3-15H,1-2H3,(H,26,30). The lowest BCUT2D eigenvalue weighted by molar-refractivity contribution is -0.384. The molecule has 0 bridgehead atoms. The number of anilines is 3. The van der Waals surface area contributed by atoms with Gasteiger partial charge in [-0.1, -0.05) is 18.2 Å². The topological polar surface area (TPSA) is 113 Å². The average molecular weight is 456 g/mol. The molecule has 0 unspecified atom stereocenters. The van der Waals surface area contributed by atoms with Crippen LogP contribution < -0.4 is 15.1 Å². The van der Waals surface area contributed by atoms with Crippen LogP contribution in [-0.4, -0.2) is 29.7 Å². The highest BCUT2D eigenvalue weighted by molar-refractivity contribution is 6.46. The van der Waals surface area contributed by atoms with Gasteiger partial charge in [0.2, 0.25) is 5.91 Å². The maximum absolute atomic E-state index is 13.6. The molecule has 4 rings (SSSR count). The molecule has 0 radical (unpaired) electrons. The lowest BCUT2D eigenvalue weighted by Gasteiger charge is -2.21. The van der Waals surface area contributed by atoms with E-state index in [1.807, 2.05) is 30.3 Å². The highest BCUT2D eigenvalue weighted by atomic mass is 16.6. The van der Waals surface area contributed by atoms with Gasteiger partial charge in [0.1, 0.15) is 5.70 Å². The van der Waals surface area contributed by atoms with Crippen molar-refractivity contribution in [2.24, 2.45) is 0 Å².